The number of rotatable bonds is 11. The predicted octanol–water partition coefficient (Wildman–Crippen LogP) is 21.3. The molecule has 372 valence electrons. The molecule has 15 rings (SSSR count). The van der Waals surface area contributed by atoms with Crippen LogP contribution in [0.1, 0.15) is 27.8 Å². The van der Waals surface area contributed by atoms with Crippen LogP contribution >= 0.6 is 22.6 Å². The zero-order valence-corrected chi connectivity index (χ0v) is 45.4. The Morgan fingerprint density at radius 1 is 0.342 bits per heavy atom. The molecule has 0 spiro atoms. The first kappa shape index (κ1) is 47.0. The summed E-state index contributed by atoms with van der Waals surface area (Å²) in [6.45, 7) is 0. The molecule has 0 atom stereocenters. The molecule has 0 bridgehead atoms. The highest BCUT2D eigenvalue weighted by Gasteiger charge is 2.46. The van der Waals surface area contributed by atoms with Crippen LogP contribution in [0.2, 0.25) is 0 Å². The van der Waals surface area contributed by atoms with E-state index in [1.165, 1.54) is 104 Å². The van der Waals surface area contributed by atoms with Crippen molar-refractivity contribution in [2.75, 3.05) is 14.2 Å². The zero-order valence-electron chi connectivity index (χ0n) is 43.3. The second kappa shape index (κ2) is 19.3. The average molecular weight is 1120 g/mol. The molecule has 1 aliphatic rings. The molecule has 3 heteroatoms. The van der Waals surface area contributed by atoms with Crippen LogP contribution in [0.3, 0.4) is 0 Å². The van der Waals surface area contributed by atoms with Crippen molar-refractivity contribution in [1.29, 1.82) is 0 Å². The molecular weight excluding hydrogens is 1070 g/mol. The summed E-state index contributed by atoms with van der Waals surface area (Å²) < 4.78 is 0.925. The monoisotopic (exact) mass is 1120 g/mol. The van der Waals surface area contributed by atoms with Gasteiger partial charge in [-0.3, -0.25) is 0 Å². The number of fused-ring (bicyclic) bond motifs is 6. The van der Waals surface area contributed by atoms with E-state index < -0.39 is 5.41 Å². The Bertz CT molecular complexity index is 4610. The molecule has 14 aromatic carbocycles. The predicted molar refractivity (Wildman–Crippen MR) is 345 cm³/mol. The molecule has 0 saturated carbocycles. The summed E-state index contributed by atoms with van der Waals surface area (Å²) in [5.74, 6) is 0. The van der Waals surface area contributed by atoms with E-state index in [1.807, 2.05) is 0 Å². The zero-order chi connectivity index (χ0) is 52.4. The SMILES string of the molecule is IC/C=C\c1c(-c2cccc(N(c3ccccc3)c3ccc4ccc5c(N(c6ccccc6)c6cccc(C7(c8ccccc8)c8ccccc8-c8ccccc87)c6)ccc6ccc3c4c65)c2)c2ccccc2c2ccccc12. The lowest BCUT2D eigenvalue weighted by atomic mass is 9.67. The Labute approximate surface area is 474 Å². The van der Waals surface area contributed by atoms with Gasteiger partial charge in [0, 0.05) is 37.9 Å². The minimum absolute atomic E-state index is 0.534. The number of hydrogen-bond acceptors (Lipinski definition) is 2. The number of anilines is 6. The normalized spacial score (nSPS) is 12.7. The second-order valence-corrected chi connectivity index (χ2v) is 21.6. The Morgan fingerprint density at radius 2 is 0.785 bits per heavy atom. The van der Waals surface area contributed by atoms with Crippen molar-refractivity contribution in [2.45, 2.75) is 5.41 Å². The number of nitrogens with zero attached hydrogens (tertiary/aromatic N) is 2. The van der Waals surface area contributed by atoms with Crippen LogP contribution in [0.5, 0.6) is 0 Å². The molecule has 0 N–H and O–H groups in total. The van der Waals surface area contributed by atoms with E-state index in [-0.39, 0.29) is 0 Å². The first-order valence-corrected chi connectivity index (χ1v) is 28.7. The number of benzene rings is 14. The highest BCUT2D eigenvalue weighted by Crippen LogP contribution is 2.57. The Hall–Kier alpha value is -9.29. The van der Waals surface area contributed by atoms with Crippen molar-refractivity contribution < 1.29 is 0 Å². The third kappa shape index (κ3) is 7.44. The molecule has 2 nitrogen and oxygen atoms in total. The van der Waals surface area contributed by atoms with Crippen LogP contribution in [0.4, 0.5) is 34.1 Å². The number of halogens is 1. The fourth-order valence-electron chi connectivity index (χ4n) is 13.4. The lowest BCUT2D eigenvalue weighted by Crippen LogP contribution is -2.28. The van der Waals surface area contributed by atoms with Gasteiger partial charge in [-0.15, -0.1) is 0 Å². The molecule has 0 amide bonds. The average Bonchev–Trinajstić information content (AvgIpc) is 4.10. The van der Waals surface area contributed by atoms with Crippen LogP contribution in [-0.2, 0) is 5.41 Å². The van der Waals surface area contributed by atoms with Crippen LogP contribution in [0.15, 0.2) is 291 Å². The van der Waals surface area contributed by atoms with E-state index in [0.29, 0.717) is 0 Å². The van der Waals surface area contributed by atoms with Gasteiger partial charge >= 0.3 is 0 Å². The largest absolute Gasteiger partial charge is 0.310 e. The van der Waals surface area contributed by atoms with Crippen LogP contribution < -0.4 is 9.80 Å². The summed E-state index contributed by atoms with van der Waals surface area (Å²) in [6.07, 6.45) is 4.61. The lowest BCUT2D eigenvalue weighted by molar-refractivity contribution is 0.768. The molecule has 0 aliphatic heterocycles. The molecule has 14 aromatic rings. The van der Waals surface area contributed by atoms with E-state index in [2.05, 4.69) is 330 Å². The minimum atomic E-state index is -0.534. The van der Waals surface area contributed by atoms with Crippen molar-refractivity contribution in [3.05, 3.63) is 319 Å². The highest BCUT2D eigenvalue weighted by atomic mass is 127. The highest BCUT2D eigenvalue weighted by molar-refractivity contribution is 14.1. The Morgan fingerprint density at radius 3 is 1.37 bits per heavy atom. The van der Waals surface area contributed by atoms with Crippen LogP contribution in [0.25, 0.3) is 82.2 Å². The molecule has 0 aromatic heterocycles. The van der Waals surface area contributed by atoms with Crippen LogP contribution in [0, 0.1) is 0 Å². The van der Waals surface area contributed by atoms with Crippen molar-refractivity contribution >= 4 is 117 Å². The van der Waals surface area contributed by atoms with Gasteiger partial charge in [0.2, 0.25) is 0 Å². The Kier molecular flexibility index (Phi) is 11.5. The smallest absolute Gasteiger partial charge is 0.0714 e. The molecule has 0 saturated heterocycles. The quantitative estimate of drug-likeness (QED) is 0.0723. The van der Waals surface area contributed by atoms with Crippen molar-refractivity contribution in [1.82, 2.24) is 0 Å². The summed E-state index contributed by atoms with van der Waals surface area (Å²) in [5, 5.41) is 12.3. The maximum Gasteiger partial charge on any atom is 0.0714 e. The molecule has 0 unspecified atom stereocenters. The molecule has 0 radical (unpaired) electrons. The summed E-state index contributed by atoms with van der Waals surface area (Å²) in [6, 6.07) is 106. The van der Waals surface area contributed by atoms with Gasteiger partial charge in [0.1, 0.15) is 0 Å². The van der Waals surface area contributed by atoms with E-state index in [0.717, 1.165) is 38.6 Å². The number of allylic oxidation sites excluding steroid dienone is 1. The fraction of sp³-hybridized carbons (Fsp3) is 0.0263. The third-order valence-corrected chi connectivity index (χ3v) is 17.1. The van der Waals surface area contributed by atoms with E-state index in [4.69, 9.17) is 0 Å². The number of alkyl halides is 1. The molecule has 0 fully saturated rings. The van der Waals surface area contributed by atoms with Gasteiger partial charge in [0.15, 0.2) is 0 Å². The van der Waals surface area contributed by atoms with E-state index >= 15 is 0 Å². The van der Waals surface area contributed by atoms with Gasteiger partial charge in [-0.25, -0.2) is 0 Å². The van der Waals surface area contributed by atoms with Gasteiger partial charge in [0.25, 0.3) is 0 Å². The van der Waals surface area contributed by atoms with Crippen molar-refractivity contribution in [2.24, 2.45) is 0 Å². The third-order valence-electron chi connectivity index (χ3n) is 16.6. The lowest BCUT2D eigenvalue weighted by Gasteiger charge is -2.35. The molecule has 79 heavy (non-hydrogen) atoms. The second-order valence-electron chi connectivity index (χ2n) is 20.7. The maximum atomic E-state index is 2.48. The van der Waals surface area contributed by atoms with Gasteiger partial charge in [0.05, 0.1) is 16.8 Å². The van der Waals surface area contributed by atoms with Crippen LogP contribution in [-0.4, -0.2) is 4.43 Å². The summed E-state index contributed by atoms with van der Waals surface area (Å²) in [4.78, 5) is 4.94. The molecule has 1 aliphatic carbocycles. The molecule has 0 heterocycles. The van der Waals surface area contributed by atoms with Gasteiger partial charge < -0.3 is 9.80 Å². The van der Waals surface area contributed by atoms with Crippen molar-refractivity contribution in [3.63, 3.8) is 0 Å². The minimum Gasteiger partial charge on any atom is -0.310 e. The van der Waals surface area contributed by atoms with E-state index in [1.54, 1.807) is 0 Å². The van der Waals surface area contributed by atoms with Gasteiger partial charge in [-0.2, -0.15) is 0 Å². The number of para-hydroxylation sites is 2. The summed E-state index contributed by atoms with van der Waals surface area (Å²) in [7, 11) is 0. The van der Waals surface area contributed by atoms with Gasteiger partial charge in [-0.1, -0.05) is 259 Å². The fourth-order valence-corrected chi connectivity index (χ4v) is 13.6. The summed E-state index contributed by atoms with van der Waals surface area (Å²) >= 11 is 2.45. The summed E-state index contributed by atoms with van der Waals surface area (Å²) in [5.41, 5.74) is 17.4. The Balaban J connectivity index is 0.930. The standard InChI is InChI=1S/C76H51IN2/c77-48-20-37-66-62-32-11-10-31-60(62)61-33-12-13-36-65(61)73(66)53-21-18-29-58(49-53)78(56-25-6-2-7-26-56)71-46-42-51-41-45-68-72(47-43-52-40-44-67(71)74(51)75(52)68)79(57-27-8-3-9-28-57)59-30-19-24-55(50-59)76(54-22-4-1-5-23-54)69-38-16-14-34-63(69)64-35-15-17-39-70(64)76/h1-47,49-50H,48H2/b37-20-. The number of hydrogen-bond donors (Lipinski definition) is 0. The first-order valence-electron chi connectivity index (χ1n) is 27.2. The van der Waals surface area contributed by atoms with Gasteiger partial charge in [-0.05, 0) is 154 Å². The first-order chi connectivity index (χ1) is 39.2. The van der Waals surface area contributed by atoms with E-state index in [9.17, 15) is 0 Å². The molecular formula is C76H51IN2. The maximum absolute atomic E-state index is 2.48. The topological polar surface area (TPSA) is 6.48 Å². The van der Waals surface area contributed by atoms with Crippen molar-refractivity contribution in [3.8, 4) is 22.3 Å².